The lowest BCUT2D eigenvalue weighted by Crippen LogP contribution is -2.48. The molecule has 0 aromatic carbocycles. The van der Waals surface area contributed by atoms with Crippen molar-refractivity contribution < 1.29 is 9.47 Å². The van der Waals surface area contributed by atoms with Crippen LogP contribution in [0.4, 0.5) is 0 Å². The van der Waals surface area contributed by atoms with Crippen molar-refractivity contribution in [3.8, 4) is 0 Å². The molecular formula is C47H88N2O2. The van der Waals surface area contributed by atoms with E-state index in [-0.39, 0.29) is 11.4 Å². The van der Waals surface area contributed by atoms with Gasteiger partial charge in [0.05, 0.1) is 12.2 Å². The van der Waals surface area contributed by atoms with E-state index in [0.29, 0.717) is 0 Å². The Kier molecular flexibility index (Phi) is 28.5. The van der Waals surface area contributed by atoms with E-state index in [0.717, 1.165) is 64.9 Å². The predicted octanol–water partition coefficient (Wildman–Crippen LogP) is 13.8. The zero-order valence-corrected chi connectivity index (χ0v) is 34.9. The van der Waals surface area contributed by atoms with Crippen LogP contribution in [0.3, 0.4) is 0 Å². The largest absolute Gasteiger partial charge is 0.347 e. The number of unbranched alkanes of at least 4 members (excludes halogenated alkanes) is 21. The summed E-state index contributed by atoms with van der Waals surface area (Å²) in [7, 11) is 4.36. The van der Waals surface area contributed by atoms with Crippen molar-refractivity contribution in [2.24, 2.45) is 0 Å². The van der Waals surface area contributed by atoms with Crippen LogP contribution in [0.2, 0.25) is 0 Å². The number of ether oxygens (including phenoxy) is 2. The molecule has 298 valence electrons. The van der Waals surface area contributed by atoms with Crippen LogP contribution < -0.4 is 0 Å². The molecule has 0 aliphatic carbocycles. The van der Waals surface area contributed by atoms with E-state index < -0.39 is 0 Å². The molecule has 0 radical (unpaired) electrons. The summed E-state index contributed by atoms with van der Waals surface area (Å²) in [6, 6.07) is 0. The summed E-state index contributed by atoms with van der Waals surface area (Å²) in [5.74, 6) is -0.332. The van der Waals surface area contributed by atoms with E-state index in [4.69, 9.17) is 9.47 Å². The van der Waals surface area contributed by atoms with Crippen molar-refractivity contribution in [3.63, 3.8) is 0 Å². The first kappa shape index (κ1) is 46.2. The van der Waals surface area contributed by atoms with Gasteiger partial charge in [-0.1, -0.05) is 147 Å². The number of likely N-dealkylation sites (N-methyl/N-ethyl adjacent to an activating group) is 1. The number of likely N-dealkylation sites (tertiary alicyclic amines) is 1. The molecule has 0 amide bonds. The Morgan fingerprint density at radius 1 is 0.529 bits per heavy atom. The molecule has 2 aliphatic heterocycles. The first-order valence-electron chi connectivity index (χ1n) is 22.7. The Labute approximate surface area is 319 Å². The molecule has 2 aliphatic rings. The Hall–Kier alpha value is -0.940. The molecule has 0 N–H and O–H groups in total. The highest BCUT2D eigenvalue weighted by Gasteiger charge is 2.50. The number of piperidine rings is 1. The SMILES string of the molecule is CCCCC/C=C\C/C=C\CCCCCCCCC1(CCCCCCCC/C=C\CCCCCCCC)OCC2(CCN(CCN(C)C)CC2)O1. The van der Waals surface area contributed by atoms with Crippen molar-refractivity contribution in [1.82, 2.24) is 9.80 Å². The summed E-state index contributed by atoms with van der Waals surface area (Å²) in [5.41, 5.74) is -0.0461. The van der Waals surface area contributed by atoms with Crippen LogP contribution in [0.5, 0.6) is 0 Å². The van der Waals surface area contributed by atoms with Crippen LogP contribution in [0.25, 0.3) is 0 Å². The molecule has 51 heavy (non-hydrogen) atoms. The summed E-state index contributed by atoms with van der Waals surface area (Å²) in [4.78, 5) is 4.93. The molecule has 1 spiro atoms. The van der Waals surface area contributed by atoms with Crippen LogP contribution in [-0.2, 0) is 9.47 Å². The fraction of sp³-hybridized carbons (Fsp3) is 0.872. The lowest BCUT2D eigenvalue weighted by atomic mass is 9.92. The molecule has 2 heterocycles. The summed E-state index contributed by atoms with van der Waals surface area (Å²) < 4.78 is 13.9. The third-order valence-electron chi connectivity index (χ3n) is 11.5. The second-order valence-electron chi connectivity index (χ2n) is 16.7. The Morgan fingerprint density at radius 3 is 1.43 bits per heavy atom. The van der Waals surface area contributed by atoms with Crippen LogP contribution >= 0.6 is 0 Å². The van der Waals surface area contributed by atoms with Crippen LogP contribution in [0, 0.1) is 0 Å². The topological polar surface area (TPSA) is 24.9 Å². The van der Waals surface area contributed by atoms with E-state index in [1.165, 1.54) is 161 Å². The van der Waals surface area contributed by atoms with Crippen LogP contribution in [-0.4, -0.2) is 68.1 Å². The van der Waals surface area contributed by atoms with Crippen molar-refractivity contribution in [3.05, 3.63) is 36.5 Å². The summed E-state index contributed by atoms with van der Waals surface area (Å²) >= 11 is 0. The monoisotopic (exact) mass is 713 g/mol. The van der Waals surface area contributed by atoms with Gasteiger partial charge in [0, 0.05) is 39.0 Å². The average Bonchev–Trinajstić information content (AvgIpc) is 3.48. The number of allylic oxidation sites excluding steroid dienone is 6. The number of hydrogen-bond acceptors (Lipinski definition) is 4. The maximum absolute atomic E-state index is 7.12. The highest BCUT2D eigenvalue weighted by molar-refractivity contribution is 4.95. The van der Waals surface area contributed by atoms with Gasteiger partial charge in [-0.2, -0.15) is 0 Å². The first-order valence-corrected chi connectivity index (χ1v) is 22.7. The maximum Gasteiger partial charge on any atom is 0.169 e. The molecule has 2 rings (SSSR count). The van der Waals surface area contributed by atoms with Gasteiger partial charge in [0.1, 0.15) is 0 Å². The normalized spacial score (nSPS) is 19.7. The lowest BCUT2D eigenvalue weighted by molar-refractivity contribution is -0.204. The molecule has 2 fully saturated rings. The minimum Gasteiger partial charge on any atom is -0.347 e. The highest BCUT2D eigenvalue weighted by Crippen LogP contribution is 2.44. The Morgan fingerprint density at radius 2 is 0.941 bits per heavy atom. The van der Waals surface area contributed by atoms with E-state index in [1.807, 2.05) is 0 Å². The van der Waals surface area contributed by atoms with Crippen molar-refractivity contribution >= 4 is 0 Å². The highest BCUT2D eigenvalue weighted by atomic mass is 16.8. The Balaban J connectivity index is 1.62. The van der Waals surface area contributed by atoms with Gasteiger partial charge in [0.2, 0.25) is 0 Å². The molecule has 2 saturated heterocycles. The first-order chi connectivity index (χ1) is 25.0. The number of rotatable bonds is 34. The zero-order chi connectivity index (χ0) is 36.6. The fourth-order valence-corrected chi connectivity index (χ4v) is 7.88. The van der Waals surface area contributed by atoms with E-state index >= 15 is 0 Å². The van der Waals surface area contributed by atoms with Gasteiger partial charge in [0.15, 0.2) is 5.79 Å². The quantitative estimate of drug-likeness (QED) is 0.0490. The van der Waals surface area contributed by atoms with Crippen molar-refractivity contribution in [2.45, 2.75) is 218 Å². The molecule has 1 unspecified atom stereocenters. The van der Waals surface area contributed by atoms with Crippen LogP contribution in [0.15, 0.2) is 36.5 Å². The van der Waals surface area contributed by atoms with Gasteiger partial charge in [-0.15, -0.1) is 0 Å². The lowest BCUT2D eigenvalue weighted by Gasteiger charge is -2.40. The molecule has 0 bridgehead atoms. The van der Waals surface area contributed by atoms with Gasteiger partial charge in [-0.25, -0.2) is 0 Å². The average molecular weight is 713 g/mol. The molecule has 1 atom stereocenters. The third kappa shape index (κ3) is 24.2. The summed E-state index contributed by atoms with van der Waals surface area (Å²) in [6.07, 6.45) is 53.3. The van der Waals surface area contributed by atoms with Gasteiger partial charge in [0.25, 0.3) is 0 Å². The molecular weight excluding hydrogens is 625 g/mol. The second-order valence-corrected chi connectivity index (χ2v) is 16.7. The summed E-state index contributed by atoms with van der Waals surface area (Å²) in [5, 5.41) is 0. The zero-order valence-electron chi connectivity index (χ0n) is 34.9. The van der Waals surface area contributed by atoms with Gasteiger partial charge in [-0.05, 0) is 97.6 Å². The van der Waals surface area contributed by atoms with Crippen molar-refractivity contribution in [2.75, 3.05) is 46.9 Å². The van der Waals surface area contributed by atoms with E-state index in [2.05, 4.69) is 74.2 Å². The maximum atomic E-state index is 7.12. The smallest absolute Gasteiger partial charge is 0.169 e. The third-order valence-corrected chi connectivity index (χ3v) is 11.5. The van der Waals surface area contributed by atoms with E-state index in [1.54, 1.807) is 0 Å². The summed E-state index contributed by atoms with van der Waals surface area (Å²) in [6.45, 7) is 9.97. The van der Waals surface area contributed by atoms with Gasteiger partial charge >= 0.3 is 0 Å². The molecule has 0 saturated carbocycles. The molecule has 0 aromatic rings. The number of hydrogen-bond donors (Lipinski definition) is 0. The minimum absolute atomic E-state index is 0.0461. The van der Waals surface area contributed by atoms with Crippen LogP contribution in [0.1, 0.15) is 206 Å². The molecule has 0 aromatic heterocycles. The Bertz CT molecular complexity index is 858. The fourth-order valence-electron chi connectivity index (χ4n) is 7.88. The molecule has 4 nitrogen and oxygen atoms in total. The second kappa shape index (κ2) is 31.4. The standard InChI is InChI=1S/C47H88N2O2/c1-5-7-9-11-13-15-17-19-21-23-25-27-29-31-33-35-37-47(50-45-46(51-47)39-41-49(42-40-46)44-43-48(3)4)38-36-34-32-30-28-26-24-22-20-18-16-14-12-10-8-6-2/h13,15,19-22H,5-12,14,16-18,23-45H2,1-4H3/b15-13-,21-19-,22-20-. The van der Waals surface area contributed by atoms with Crippen molar-refractivity contribution in [1.29, 1.82) is 0 Å². The number of nitrogens with zero attached hydrogens (tertiary/aromatic N) is 2. The van der Waals surface area contributed by atoms with E-state index in [9.17, 15) is 0 Å². The van der Waals surface area contributed by atoms with Gasteiger partial charge < -0.3 is 19.3 Å². The minimum atomic E-state index is -0.332. The van der Waals surface area contributed by atoms with Gasteiger partial charge in [-0.3, -0.25) is 0 Å². The predicted molar refractivity (Wildman–Crippen MR) is 225 cm³/mol. The molecule has 4 heteroatoms.